The minimum Gasteiger partial charge on any atom is -0.481 e. The van der Waals surface area contributed by atoms with Gasteiger partial charge in [-0.3, -0.25) is 4.79 Å². The molecular formula is C13H25NO3. The number of hydrogen-bond donors (Lipinski definition) is 3. The molecule has 100 valence electrons. The number of carbonyl (C=O) groups is 1. The number of hydrogen-bond acceptors (Lipinski definition) is 3. The summed E-state index contributed by atoms with van der Waals surface area (Å²) in [6.45, 7) is 4.85. The van der Waals surface area contributed by atoms with Gasteiger partial charge in [0.15, 0.2) is 0 Å². The van der Waals surface area contributed by atoms with Crippen molar-refractivity contribution in [3.05, 3.63) is 0 Å². The zero-order valence-corrected chi connectivity index (χ0v) is 10.9. The minimum absolute atomic E-state index is 0.261. The molecule has 0 aromatic heterocycles. The van der Waals surface area contributed by atoms with Gasteiger partial charge in [-0.2, -0.15) is 0 Å². The summed E-state index contributed by atoms with van der Waals surface area (Å²) in [4.78, 5) is 10.8. The molecule has 0 aliphatic heterocycles. The van der Waals surface area contributed by atoms with E-state index in [1.165, 1.54) is 0 Å². The first-order valence-electron chi connectivity index (χ1n) is 6.65. The summed E-state index contributed by atoms with van der Waals surface area (Å²) in [6.07, 6.45) is 4.61. The van der Waals surface area contributed by atoms with Crippen LogP contribution < -0.4 is 5.32 Å². The average molecular weight is 243 g/mol. The van der Waals surface area contributed by atoms with Crippen molar-refractivity contribution in [2.45, 2.75) is 64.0 Å². The molecule has 0 amide bonds. The number of aliphatic carboxylic acids is 1. The van der Waals surface area contributed by atoms with Gasteiger partial charge in [-0.1, -0.05) is 13.3 Å². The van der Waals surface area contributed by atoms with E-state index < -0.39 is 11.6 Å². The molecule has 1 fully saturated rings. The monoisotopic (exact) mass is 243 g/mol. The minimum atomic E-state index is -0.723. The van der Waals surface area contributed by atoms with Crippen molar-refractivity contribution in [1.29, 1.82) is 0 Å². The van der Waals surface area contributed by atoms with Gasteiger partial charge in [0.05, 0.1) is 11.5 Å². The highest BCUT2D eigenvalue weighted by Gasteiger charge is 2.35. The van der Waals surface area contributed by atoms with Crippen LogP contribution in [-0.4, -0.2) is 34.4 Å². The van der Waals surface area contributed by atoms with E-state index in [0.717, 1.165) is 12.8 Å². The zero-order valence-electron chi connectivity index (χ0n) is 10.9. The van der Waals surface area contributed by atoms with Crippen LogP contribution in [0.5, 0.6) is 0 Å². The Labute approximate surface area is 103 Å². The molecule has 1 atom stereocenters. The third kappa shape index (κ3) is 4.64. The second-order valence-electron chi connectivity index (χ2n) is 5.41. The average Bonchev–Trinajstić information content (AvgIpc) is 2.28. The fourth-order valence-corrected chi connectivity index (χ4v) is 2.48. The lowest BCUT2D eigenvalue weighted by atomic mass is 9.78. The van der Waals surface area contributed by atoms with E-state index in [2.05, 4.69) is 19.2 Å². The molecular weight excluding hydrogens is 218 g/mol. The topological polar surface area (TPSA) is 69.6 Å². The smallest absolute Gasteiger partial charge is 0.306 e. The SMILES string of the molecule is CCCC(C)NCC1(O)CCC(C(=O)O)CC1. The Morgan fingerprint density at radius 3 is 2.53 bits per heavy atom. The summed E-state index contributed by atoms with van der Waals surface area (Å²) in [7, 11) is 0. The molecule has 4 heteroatoms. The Kier molecular flexibility index (Phi) is 5.40. The maximum Gasteiger partial charge on any atom is 0.306 e. The fourth-order valence-electron chi connectivity index (χ4n) is 2.48. The van der Waals surface area contributed by atoms with Gasteiger partial charge in [0.25, 0.3) is 0 Å². The van der Waals surface area contributed by atoms with Crippen LogP contribution in [0.4, 0.5) is 0 Å². The zero-order chi connectivity index (χ0) is 12.9. The molecule has 0 spiro atoms. The molecule has 1 aliphatic carbocycles. The van der Waals surface area contributed by atoms with Gasteiger partial charge in [0, 0.05) is 12.6 Å². The summed E-state index contributed by atoms with van der Waals surface area (Å²) in [5, 5.41) is 22.6. The highest BCUT2D eigenvalue weighted by Crippen LogP contribution is 2.31. The molecule has 0 aromatic carbocycles. The van der Waals surface area contributed by atoms with Crippen LogP contribution >= 0.6 is 0 Å². The Balaban J connectivity index is 2.31. The molecule has 0 bridgehead atoms. The van der Waals surface area contributed by atoms with E-state index >= 15 is 0 Å². The van der Waals surface area contributed by atoms with Crippen LogP contribution in [0.15, 0.2) is 0 Å². The van der Waals surface area contributed by atoms with Crippen molar-refractivity contribution in [2.75, 3.05) is 6.54 Å². The van der Waals surface area contributed by atoms with Crippen molar-refractivity contribution in [3.63, 3.8) is 0 Å². The summed E-state index contributed by atoms with van der Waals surface area (Å²) in [5.41, 5.74) is -0.700. The predicted octanol–water partition coefficient (Wildman–Crippen LogP) is 1.77. The normalized spacial score (nSPS) is 31.1. The van der Waals surface area contributed by atoms with Crippen molar-refractivity contribution in [2.24, 2.45) is 5.92 Å². The molecule has 17 heavy (non-hydrogen) atoms. The van der Waals surface area contributed by atoms with Crippen LogP contribution in [-0.2, 0) is 4.79 Å². The molecule has 0 heterocycles. The van der Waals surface area contributed by atoms with Crippen LogP contribution in [0.3, 0.4) is 0 Å². The third-order valence-electron chi connectivity index (χ3n) is 3.77. The second kappa shape index (κ2) is 6.36. The second-order valence-corrected chi connectivity index (χ2v) is 5.41. The van der Waals surface area contributed by atoms with Gasteiger partial charge >= 0.3 is 5.97 Å². The van der Waals surface area contributed by atoms with Crippen molar-refractivity contribution in [1.82, 2.24) is 5.32 Å². The molecule has 1 saturated carbocycles. The highest BCUT2D eigenvalue weighted by molar-refractivity contribution is 5.70. The van der Waals surface area contributed by atoms with Crippen LogP contribution in [0.1, 0.15) is 52.4 Å². The van der Waals surface area contributed by atoms with Gasteiger partial charge in [-0.05, 0) is 39.0 Å². The Morgan fingerprint density at radius 2 is 2.06 bits per heavy atom. The Bertz CT molecular complexity index is 247. The van der Waals surface area contributed by atoms with Gasteiger partial charge in [-0.25, -0.2) is 0 Å². The maximum atomic E-state index is 10.8. The molecule has 3 N–H and O–H groups in total. The first-order chi connectivity index (χ1) is 7.97. The fraction of sp³-hybridized carbons (Fsp3) is 0.923. The molecule has 1 rings (SSSR count). The van der Waals surface area contributed by atoms with Crippen molar-refractivity contribution >= 4 is 5.97 Å². The first-order valence-corrected chi connectivity index (χ1v) is 6.65. The molecule has 1 aliphatic rings. The summed E-state index contributed by atoms with van der Waals surface area (Å²) in [6, 6.07) is 0.418. The van der Waals surface area contributed by atoms with Crippen molar-refractivity contribution < 1.29 is 15.0 Å². The van der Waals surface area contributed by atoms with Crippen LogP contribution in [0.2, 0.25) is 0 Å². The van der Waals surface area contributed by atoms with E-state index in [4.69, 9.17) is 5.11 Å². The van der Waals surface area contributed by atoms with Crippen LogP contribution in [0, 0.1) is 5.92 Å². The summed E-state index contributed by atoms with van der Waals surface area (Å²) >= 11 is 0. The van der Waals surface area contributed by atoms with E-state index in [9.17, 15) is 9.90 Å². The summed E-state index contributed by atoms with van der Waals surface area (Å²) < 4.78 is 0. The summed E-state index contributed by atoms with van der Waals surface area (Å²) in [5.74, 6) is -0.984. The lowest BCUT2D eigenvalue weighted by molar-refractivity contribution is -0.144. The van der Waals surface area contributed by atoms with Gasteiger partial charge in [0.1, 0.15) is 0 Å². The van der Waals surface area contributed by atoms with E-state index in [1.54, 1.807) is 0 Å². The quantitative estimate of drug-likeness (QED) is 0.665. The molecule has 0 saturated heterocycles. The number of carboxylic acids is 1. The van der Waals surface area contributed by atoms with E-state index in [-0.39, 0.29) is 5.92 Å². The lowest BCUT2D eigenvalue weighted by Crippen LogP contribution is -2.46. The standard InChI is InChI=1S/C13H25NO3/c1-3-4-10(2)14-9-13(17)7-5-11(6-8-13)12(15)16/h10-11,14,17H,3-9H2,1-2H3,(H,15,16). The first kappa shape index (κ1) is 14.5. The van der Waals surface area contributed by atoms with Gasteiger partial charge < -0.3 is 15.5 Å². The van der Waals surface area contributed by atoms with Gasteiger partial charge in [-0.15, -0.1) is 0 Å². The largest absolute Gasteiger partial charge is 0.481 e. The number of rotatable bonds is 6. The number of aliphatic hydroxyl groups is 1. The number of carboxylic acid groups (broad SMARTS) is 1. The van der Waals surface area contributed by atoms with E-state index in [0.29, 0.717) is 38.3 Å². The highest BCUT2D eigenvalue weighted by atomic mass is 16.4. The van der Waals surface area contributed by atoms with Gasteiger partial charge in [0.2, 0.25) is 0 Å². The lowest BCUT2D eigenvalue weighted by Gasteiger charge is -2.35. The van der Waals surface area contributed by atoms with E-state index in [1.807, 2.05) is 0 Å². The molecule has 1 unspecified atom stereocenters. The third-order valence-corrected chi connectivity index (χ3v) is 3.77. The molecule has 0 radical (unpaired) electrons. The maximum absolute atomic E-state index is 10.8. The molecule has 4 nitrogen and oxygen atoms in total. The Morgan fingerprint density at radius 1 is 1.47 bits per heavy atom. The number of nitrogens with one attached hydrogen (secondary N) is 1. The van der Waals surface area contributed by atoms with Crippen LogP contribution in [0.25, 0.3) is 0 Å². The molecule has 0 aromatic rings. The predicted molar refractivity (Wildman–Crippen MR) is 66.9 cm³/mol. The van der Waals surface area contributed by atoms with Crippen molar-refractivity contribution in [3.8, 4) is 0 Å². The Hall–Kier alpha value is -0.610.